The SMILES string of the molecule is COc1c(N)cccc1C(=O)Nc1ncc[nH]1. The van der Waals surface area contributed by atoms with Crippen molar-refractivity contribution in [3.8, 4) is 5.75 Å². The molecule has 6 nitrogen and oxygen atoms in total. The van der Waals surface area contributed by atoms with Crippen LogP contribution >= 0.6 is 0 Å². The average molecular weight is 232 g/mol. The molecule has 0 radical (unpaired) electrons. The molecule has 0 aliphatic rings. The predicted molar refractivity (Wildman–Crippen MR) is 63.9 cm³/mol. The first-order chi connectivity index (χ1) is 8.22. The van der Waals surface area contributed by atoms with Crippen LogP contribution in [0.25, 0.3) is 0 Å². The van der Waals surface area contributed by atoms with Crippen LogP contribution in [0.2, 0.25) is 0 Å². The van der Waals surface area contributed by atoms with Gasteiger partial charge >= 0.3 is 0 Å². The van der Waals surface area contributed by atoms with Gasteiger partial charge in [-0.25, -0.2) is 4.98 Å². The van der Waals surface area contributed by atoms with Crippen LogP contribution in [0.1, 0.15) is 10.4 Å². The highest BCUT2D eigenvalue weighted by Crippen LogP contribution is 2.26. The second-order valence-corrected chi connectivity index (χ2v) is 3.32. The molecular weight excluding hydrogens is 220 g/mol. The first-order valence-electron chi connectivity index (χ1n) is 4.95. The zero-order valence-electron chi connectivity index (χ0n) is 9.23. The number of anilines is 2. The van der Waals surface area contributed by atoms with E-state index in [4.69, 9.17) is 10.5 Å². The maximum atomic E-state index is 11.9. The molecule has 17 heavy (non-hydrogen) atoms. The number of nitrogen functional groups attached to an aromatic ring is 1. The number of ether oxygens (including phenoxy) is 1. The molecule has 0 aliphatic carbocycles. The maximum absolute atomic E-state index is 11.9. The van der Waals surface area contributed by atoms with Gasteiger partial charge in [-0.2, -0.15) is 0 Å². The molecule has 1 heterocycles. The van der Waals surface area contributed by atoms with Gasteiger partial charge < -0.3 is 15.5 Å². The number of carbonyl (C=O) groups excluding carboxylic acids is 1. The first-order valence-corrected chi connectivity index (χ1v) is 4.95. The summed E-state index contributed by atoms with van der Waals surface area (Å²) in [6.07, 6.45) is 3.17. The smallest absolute Gasteiger partial charge is 0.261 e. The second-order valence-electron chi connectivity index (χ2n) is 3.32. The maximum Gasteiger partial charge on any atom is 0.261 e. The molecule has 1 amide bonds. The number of para-hydroxylation sites is 1. The molecule has 2 aromatic rings. The molecule has 0 saturated heterocycles. The van der Waals surface area contributed by atoms with Crippen molar-refractivity contribution < 1.29 is 9.53 Å². The number of hydrogen-bond acceptors (Lipinski definition) is 4. The number of methoxy groups -OCH3 is 1. The lowest BCUT2D eigenvalue weighted by atomic mass is 10.1. The molecule has 0 aliphatic heterocycles. The Morgan fingerprint density at radius 1 is 1.53 bits per heavy atom. The summed E-state index contributed by atoms with van der Waals surface area (Å²) >= 11 is 0. The standard InChI is InChI=1S/C11H12N4O2/c1-17-9-7(3-2-4-8(9)12)10(16)15-11-13-5-6-14-11/h2-6H,12H2,1H3,(H2,13,14,15,16). The normalized spacial score (nSPS) is 9.94. The number of H-pyrrole nitrogens is 1. The molecule has 0 atom stereocenters. The fourth-order valence-electron chi connectivity index (χ4n) is 1.47. The van der Waals surface area contributed by atoms with Crippen LogP contribution in [-0.4, -0.2) is 23.0 Å². The van der Waals surface area contributed by atoms with Gasteiger partial charge in [-0.3, -0.25) is 10.1 Å². The van der Waals surface area contributed by atoms with E-state index in [2.05, 4.69) is 15.3 Å². The summed E-state index contributed by atoms with van der Waals surface area (Å²) in [6, 6.07) is 4.99. The average Bonchev–Trinajstić information content (AvgIpc) is 2.81. The van der Waals surface area contributed by atoms with Gasteiger partial charge in [-0.1, -0.05) is 6.07 Å². The third kappa shape index (κ3) is 2.20. The van der Waals surface area contributed by atoms with Crippen molar-refractivity contribution in [3.63, 3.8) is 0 Å². The number of aromatic amines is 1. The van der Waals surface area contributed by atoms with E-state index >= 15 is 0 Å². The number of benzene rings is 1. The number of carbonyl (C=O) groups is 1. The van der Waals surface area contributed by atoms with Gasteiger partial charge in [-0.05, 0) is 12.1 Å². The molecule has 0 fully saturated rings. The summed E-state index contributed by atoms with van der Waals surface area (Å²) in [7, 11) is 1.47. The van der Waals surface area contributed by atoms with Crippen LogP contribution in [-0.2, 0) is 0 Å². The Morgan fingerprint density at radius 2 is 2.35 bits per heavy atom. The summed E-state index contributed by atoms with van der Waals surface area (Å²) < 4.78 is 5.10. The topological polar surface area (TPSA) is 93.0 Å². The summed E-state index contributed by atoms with van der Waals surface area (Å²) in [4.78, 5) is 18.6. The van der Waals surface area contributed by atoms with E-state index in [1.165, 1.54) is 7.11 Å². The third-order valence-electron chi connectivity index (χ3n) is 2.22. The number of hydrogen-bond donors (Lipinski definition) is 3. The minimum atomic E-state index is -0.330. The summed E-state index contributed by atoms with van der Waals surface area (Å²) in [5.74, 6) is 0.403. The highest BCUT2D eigenvalue weighted by molar-refractivity contribution is 6.06. The Balaban J connectivity index is 2.28. The van der Waals surface area contributed by atoms with E-state index in [0.717, 1.165) is 0 Å². The van der Waals surface area contributed by atoms with Crippen LogP contribution in [0, 0.1) is 0 Å². The van der Waals surface area contributed by atoms with Gasteiger partial charge in [0, 0.05) is 12.4 Å². The molecule has 2 rings (SSSR count). The number of rotatable bonds is 3. The lowest BCUT2D eigenvalue weighted by Gasteiger charge is -2.09. The molecule has 1 aromatic carbocycles. The Bertz CT molecular complexity index is 522. The molecular formula is C11H12N4O2. The lowest BCUT2D eigenvalue weighted by molar-refractivity contribution is 0.102. The first kappa shape index (κ1) is 11.0. The number of nitrogens with two attached hydrogens (primary N) is 1. The van der Waals surface area contributed by atoms with Crippen LogP contribution in [0.5, 0.6) is 5.75 Å². The highest BCUT2D eigenvalue weighted by Gasteiger charge is 2.14. The van der Waals surface area contributed by atoms with E-state index in [1.807, 2.05) is 0 Å². The van der Waals surface area contributed by atoms with Gasteiger partial charge in [0.05, 0.1) is 18.4 Å². The van der Waals surface area contributed by atoms with Gasteiger partial charge in [0.1, 0.15) is 0 Å². The number of nitrogens with one attached hydrogen (secondary N) is 2. The molecule has 0 bridgehead atoms. The zero-order valence-corrected chi connectivity index (χ0v) is 9.23. The molecule has 88 valence electrons. The minimum Gasteiger partial charge on any atom is -0.494 e. The van der Waals surface area contributed by atoms with Crippen molar-refractivity contribution in [1.82, 2.24) is 9.97 Å². The molecule has 6 heteroatoms. The summed E-state index contributed by atoms with van der Waals surface area (Å²) in [6.45, 7) is 0. The molecule has 0 spiro atoms. The highest BCUT2D eigenvalue weighted by atomic mass is 16.5. The van der Waals surface area contributed by atoms with E-state index in [1.54, 1.807) is 30.6 Å². The van der Waals surface area contributed by atoms with Gasteiger partial charge in [0.25, 0.3) is 5.91 Å². The number of amides is 1. The van der Waals surface area contributed by atoms with Gasteiger partial charge in [-0.15, -0.1) is 0 Å². The number of imidazole rings is 1. The zero-order chi connectivity index (χ0) is 12.3. The Morgan fingerprint density at radius 3 is 3.00 bits per heavy atom. The van der Waals surface area contributed by atoms with Crippen molar-refractivity contribution in [2.45, 2.75) is 0 Å². The lowest BCUT2D eigenvalue weighted by Crippen LogP contribution is -2.14. The largest absolute Gasteiger partial charge is 0.494 e. The molecule has 4 N–H and O–H groups in total. The van der Waals surface area contributed by atoms with Crippen molar-refractivity contribution in [2.24, 2.45) is 0 Å². The van der Waals surface area contributed by atoms with Crippen LogP contribution in [0.4, 0.5) is 11.6 Å². The summed E-state index contributed by atoms with van der Waals surface area (Å²) in [5.41, 5.74) is 6.50. The molecule has 0 saturated carbocycles. The predicted octanol–water partition coefficient (Wildman–Crippen LogP) is 1.25. The van der Waals surface area contributed by atoms with Gasteiger partial charge in [0.2, 0.25) is 5.95 Å². The van der Waals surface area contributed by atoms with Crippen molar-refractivity contribution >= 4 is 17.5 Å². The van der Waals surface area contributed by atoms with Crippen LogP contribution in [0.15, 0.2) is 30.6 Å². The van der Waals surface area contributed by atoms with E-state index in [-0.39, 0.29) is 5.91 Å². The third-order valence-corrected chi connectivity index (χ3v) is 2.22. The Labute approximate surface area is 97.8 Å². The number of aromatic nitrogens is 2. The van der Waals surface area contributed by atoms with Crippen molar-refractivity contribution in [2.75, 3.05) is 18.2 Å². The van der Waals surface area contributed by atoms with E-state index in [9.17, 15) is 4.79 Å². The molecule has 0 unspecified atom stereocenters. The Hall–Kier alpha value is -2.50. The molecule has 1 aromatic heterocycles. The number of nitrogens with zero attached hydrogens (tertiary/aromatic N) is 1. The van der Waals surface area contributed by atoms with Crippen LogP contribution in [0.3, 0.4) is 0 Å². The fourth-order valence-corrected chi connectivity index (χ4v) is 1.47. The van der Waals surface area contributed by atoms with Crippen LogP contribution < -0.4 is 15.8 Å². The van der Waals surface area contributed by atoms with Crippen molar-refractivity contribution in [1.29, 1.82) is 0 Å². The quantitative estimate of drug-likeness (QED) is 0.694. The Kier molecular flexibility index (Phi) is 2.95. The monoisotopic (exact) mass is 232 g/mol. The minimum absolute atomic E-state index is 0.330. The van der Waals surface area contributed by atoms with E-state index in [0.29, 0.717) is 22.9 Å². The van der Waals surface area contributed by atoms with E-state index < -0.39 is 0 Å². The van der Waals surface area contributed by atoms with Gasteiger partial charge in [0.15, 0.2) is 5.75 Å². The van der Waals surface area contributed by atoms with Crippen molar-refractivity contribution in [3.05, 3.63) is 36.2 Å². The second kappa shape index (κ2) is 4.56. The fraction of sp³-hybridized carbons (Fsp3) is 0.0909. The summed E-state index contributed by atoms with van der Waals surface area (Å²) in [5, 5.41) is 2.60.